The summed E-state index contributed by atoms with van der Waals surface area (Å²) in [6, 6.07) is 4.14. The Morgan fingerprint density at radius 1 is 1.40 bits per heavy atom. The van der Waals surface area contributed by atoms with Gasteiger partial charge in [0.15, 0.2) is 5.75 Å². The maximum absolute atomic E-state index is 10.2. The number of hydrogen-bond acceptors (Lipinski definition) is 6. The van der Waals surface area contributed by atoms with Gasteiger partial charge in [-0.3, -0.25) is 0 Å². The minimum absolute atomic E-state index is 0.291. The molecule has 3 heterocycles. The van der Waals surface area contributed by atoms with E-state index >= 15 is 0 Å². The van der Waals surface area contributed by atoms with Crippen LogP contribution >= 0.6 is 22.7 Å². The van der Waals surface area contributed by atoms with E-state index in [0.29, 0.717) is 11.3 Å². The summed E-state index contributed by atoms with van der Waals surface area (Å²) < 4.78 is 0.984. The molecule has 104 valence electrons. The fourth-order valence-corrected chi connectivity index (χ4v) is 3.92. The number of anilines is 1. The predicted octanol–water partition coefficient (Wildman–Crippen LogP) is 4.02. The van der Waals surface area contributed by atoms with Crippen molar-refractivity contribution in [2.75, 3.05) is 5.32 Å². The molecule has 6 heteroatoms. The maximum atomic E-state index is 10.2. The van der Waals surface area contributed by atoms with E-state index in [1.165, 1.54) is 4.88 Å². The van der Waals surface area contributed by atoms with Gasteiger partial charge in [-0.15, -0.1) is 27.8 Å². The molecule has 3 rings (SSSR count). The molecule has 4 nitrogen and oxygen atoms in total. The molecule has 0 radical (unpaired) electrons. The van der Waals surface area contributed by atoms with Crippen LogP contribution in [0.25, 0.3) is 10.2 Å². The van der Waals surface area contributed by atoms with E-state index in [1.54, 1.807) is 28.9 Å². The topological polar surface area (TPSA) is 58.0 Å². The van der Waals surface area contributed by atoms with Crippen LogP contribution in [0.3, 0.4) is 0 Å². The lowest BCUT2D eigenvalue weighted by molar-refractivity contribution is 0.475. The van der Waals surface area contributed by atoms with Crippen LogP contribution in [-0.4, -0.2) is 15.3 Å². The molecule has 0 saturated carbocycles. The molecule has 3 aromatic heterocycles. The van der Waals surface area contributed by atoms with E-state index in [4.69, 9.17) is 0 Å². The second kappa shape index (κ2) is 5.76. The number of fused-ring (bicyclic) bond motifs is 1. The molecular formula is C14H15N3OS2. The highest BCUT2D eigenvalue weighted by molar-refractivity contribution is 7.20. The van der Waals surface area contributed by atoms with Gasteiger partial charge in [-0.1, -0.05) is 19.4 Å². The molecule has 0 aliphatic heterocycles. The minimum Gasteiger partial charge on any atom is -0.504 e. The van der Waals surface area contributed by atoms with Gasteiger partial charge < -0.3 is 10.4 Å². The number of nitrogens with zero attached hydrogens (tertiary/aromatic N) is 2. The number of aromatic nitrogens is 2. The van der Waals surface area contributed by atoms with Gasteiger partial charge in [0.2, 0.25) is 0 Å². The van der Waals surface area contributed by atoms with Gasteiger partial charge in [-0.05, 0) is 17.9 Å². The zero-order valence-corrected chi connectivity index (χ0v) is 12.7. The lowest BCUT2D eigenvalue weighted by atomic mass is 10.2. The third-order valence-corrected chi connectivity index (χ3v) is 5.17. The number of hydrogen-bond donors (Lipinski definition) is 2. The van der Waals surface area contributed by atoms with Crippen molar-refractivity contribution in [1.82, 2.24) is 10.2 Å². The first kappa shape index (κ1) is 13.3. The summed E-state index contributed by atoms with van der Waals surface area (Å²) in [7, 11) is 0. The summed E-state index contributed by atoms with van der Waals surface area (Å²) in [5, 5.41) is 23.7. The lowest BCUT2D eigenvalue weighted by Crippen LogP contribution is -1.98. The van der Waals surface area contributed by atoms with Crippen LogP contribution in [0.1, 0.15) is 23.1 Å². The Balaban J connectivity index is 1.92. The third kappa shape index (κ3) is 2.48. The summed E-state index contributed by atoms with van der Waals surface area (Å²) in [5.74, 6) is 0.291. The van der Waals surface area contributed by atoms with Crippen molar-refractivity contribution >= 4 is 38.6 Å². The largest absolute Gasteiger partial charge is 0.504 e. The van der Waals surface area contributed by atoms with Gasteiger partial charge in [0.05, 0.1) is 16.6 Å². The molecule has 0 amide bonds. The van der Waals surface area contributed by atoms with E-state index < -0.39 is 0 Å². The summed E-state index contributed by atoms with van der Waals surface area (Å²) in [4.78, 5) is 2.26. The number of aromatic hydroxyl groups is 1. The quantitative estimate of drug-likeness (QED) is 0.747. The summed E-state index contributed by atoms with van der Waals surface area (Å²) in [6.07, 6.45) is 3.60. The van der Waals surface area contributed by atoms with E-state index in [9.17, 15) is 5.11 Å². The molecule has 20 heavy (non-hydrogen) atoms. The maximum Gasteiger partial charge on any atom is 0.157 e. The Hall–Kier alpha value is -1.66. The van der Waals surface area contributed by atoms with E-state index in [2.05, 4.69) is 33.9 Å². The van der Waals surface area contributed by atoms with Crippen molar-refractivity contribution in [1.29, 1.82) is 0 Å². The van der Waals surface area contributed by atoms with Crippen LogP contribution < -0.4 is 5.32 Å². The molecule has 0 fully saturated rings. The SMILES string of the molecule is CCCc1sc2c(NCc3cccs3)cnnc2c1O. The minimum atomic E-state index is 0.291. The predicted molar refractivity (Wildman–Crippen MR) is 84.7 cm³/mol. The van der Waals surface area contributed by atoms with Gasteiger partial charge in [0.1, 0.15) is 5.52 Å². The lowest BCUT2D eigenvalue weighted by Gasteiger charge is -2.04. The van der Waals surface area contributed by atoms with Gasteiger partial charge in [-0.25, -0.2) is 0 Å². The number of rotatable bonds is 5. The van der Waals surface area contributed by atoms with Crippen LogP contribution in [-0.2, 0) is 13.0 Å². The van der Waals surface area contributed by atoms with Crippen molar-refractivity contribution in [3.05, 3.63) is 33.5 Å². The summed E-state index contributed by atoms with van der Waals surface area (Å²) in [6.45, 7) is 2.87. The Labute approximate surface area is 125 Å². The second-order valence-corrected chi connectivity index (χ2v) is 6.63. The molecule has 0 aliphatic rings. The Bertz CT molecular complexity index is 707. The van der Waals surface area contributed by atoms with Crippen LogP contribution in [0.2, 0.25) is 0 Å². The molecular weight excluding hydrogens is 290 g/mol. The fraction of sp³-hybridized carbons (Fsp3) is 0.286. The van der Waals surface area contributed by atoms with Crippen molar-refractivity contribution in [2.24, 2.45) is 0 Å². The van der Waals surface area contributed by atoms with Crippen molar-refractivity contribution in [3.8, 4) is 5.75 Å². The average molecular weight is 305 g/mol. The zero-order chi connectivity index (χ0) is 13.9. The Morgan fingerprint density at radius 3 is 3.05 bits per heavy atom. The van der Waals surface area contributed by atoms with Crippen molar-refractivity contribution < 1.29 is 5.11 Å². The van der Waals surface area contributed by atoms with E-state index in [1.807, 2.05) is 6.07 Å². The van der Waals surface area contributed by atoms with Crippen molar-refractivity contribution in [2.45, 2.75) is 26.3 Å². The van der Waals surface area contributed by atoms with Gasteiger partial charge in [0.25, 0.3) is 0 Å². The average Bonchev–Trinajstić information content (AvgIpc) is 3.07. The Morgan fingerprint density at radius 2 is 2.30 bits per heavy atom. The Kier molecular flexibility index (Phi) is 3.84. The fourth-order valence-electron chi connectivity index (χ4n) is 2.06. The highest BCUT2D eigenvalue weighted by atomic mass is 32.1. The molecule has 0 aromatic carbocycles. The first-order valence-corrected chi connectivity index (χ1v) is 8.21. The summed E-state index contributed by atoms with van der Waals surface area (Å²) in [5.41, 5.74) is 1.54. The number of thiophene rings is 2. The number of aryl methyl sites for hydroxylation is 1. The normalized spacial score (nSPS) is 11.1. The molecule has 0 saturated heterocycles. The van der Waals surface area contributed by atoms with Gasteiger partial charge in [0, 0.05) is 16.3 Å². The van der Waals surface area contributed by atoms with E-state index in [0.717, 1.165) is 34.7 Å². The van der Waals surface area contributed by atoms with Crippen LogP contribution in [0.5, 0.6) is 5.75 Å². The van der Waals surface area contributed by atoms with Crippen LogP contribution in [0, 0.1) is 0 Å². The molecule has 0 aliphatic carbocycles. The number of nitrogens with one attached hydrogen (secondary N) is 1. The van der Waals surface area contributed by atoms with Crippen molar-refractivity contribution in [3.63, 3.8) is 0 Å². The molecule has 0 bridgehead atoms. The molecule has 3 aromatic rings. The molecule has 0 unspecified atom stereocenters. The second-order valence-electron chi connectivity index (χ2n) is 4.49. The molecule has 0 atom stereocenters. The third-order valence-electron chi connectivity index (χ3n) is 3.03. The standard InChI is InChI=1S/C14H15N3OS2/c1-2-4-11-13(18)12-14(20-11)10(8-16-17-12)15-7-9-5-3-6-19-9/h3,5-6,8,18H,2,4,7H2,1H3,(H,15,17). The smallest absolute Gasteiger partial charge is 0.157 e. The first-order chi connectivity index (χ1) is 9.79. The highest BCUT2D eigenvalue weighted by Crippen LogP contribution is 2.39. The van der Waals surface area contributed by atoms with Crippen LogP contribution in [0.4, 0.5) is 5.69 Å². The zero-order valence-electron chi connectivity index (χ0n) is 11.1. The first-order valence-electron chi connectivity index (χ1n) is 6.52. The van der Waals surface area contributed by atoms with Gasteiger partial charge in [-0.2, -0.15) is 5.10 Å². The van der Waals surface area contributed by atoms with E-state index in [-0.39, 0.29) is 0 Å². The molecule has 0 spiro atoms. The van der Waals surface area contributed by atoms with Crippen LogP contribution in [0.15, 0.2) is 23.7 Å². The highest BCUT2D eigenvalue weighted by Gasteiger charge is 2.15. The molecule has 2 N–H and O–H groups in total. The monoisotopic (exact) mass is 305 g/mol. The summed E-state index contributed by atoms with van der Waals surface area (Å²) >= 11 is 3.32. The van der Waals surface area contributed by atoms with Gasteiger partial charge >= 0.3 is 0 Å².